The van der Waals surface area contributed by atoms with E-state index in [0.717, 1.165) is 0 Å². The molecule has 0 spiro atoms. The van der Waals surface area contributed by atoms with E-state index < -0.39 is 18.1 Å². The van der Waals surface area contributed by atoms with Gasteiger partial charge in [0.25, 0.3) is 5.91 Å². The average molecular weight is 253 g/mol. The Kier molecular flexibility index (Phi) is 4.97. The van der Waals surface area contributed by atoms with Gasteiger partial charge in [-0.05, 0) is 31.0 Å². The molecule has 0 aromatic heterocycles. The Morgan fingerprint density at radius 3 is 2.56 bits per heavy atom. The minimum Gasteiger partial charge on any atom is -0.493 e. The Morgan fingerprint density at radius 2 is 2.11 bits per heavy atom. The number of methoxy groups -OCH3 is 1. The summed E-state index contributed by atoms with van der Waals surface area (Å²) in [5.41, 5.74) is 5.93. The lowest BCUT2D eigenvalue weighted by Crippen LogP contribution is -2.33. The van der Waals surface area contributed by atoms with E-state index in [2.05, 4.69) is 0 Å². The third kappa shape index (κ3) is 3.37. The SMILES string of the molecule is CCC(Oc1ccc([C@@H](C)O)cc1OC)C(N)=O. The monoisotopic (exact) mass is 253 g/mol. The van der Waals surface area contributed by atoms with Crippen LogP contribution in [0, 0.1) is 0 Å². The van der Waals surface area contributed by atoms with Crippen LogP contribution in [-0.4, -0.2) is 24.2 Å². The molecule has 0 fully saturated rings. The van der Waals surface area contributed by atoms with Crippen LogP contribution >= 0.6 is 0 Å². The van der Waals surface area contributed by atoms with Crippen molar-refractivity contribution in [1.29, 1.82) is 0 Å². The van der Waals surface area contributed by atoms with Crippen molar-refractivity contribution >= 4 is 5.91 Å². The van der Waals surface area contributed by atoms with Gasteiger partial charge in [-0.1, -0.05) is 13.0 Å². The standard InChI is InChI=1S/C13H19NO4/c1-4-10(13(14)16)18-11-6-5-9(8(2)15)7-12(11)17-3/h5-8,10,15H,4H2,1-3H3,(H2,14,16)/t8-,10?/m1/s1. The maximum Gasteiger partial charge on any atom is 0.258 e. The van der Waals surface area contributed by atoms with Gasteiger partial charge in [-0.15, -0.1) is 0 Å². The molecule has 0 radical (unpaired) electrons. The zero-order valence-electron chi connectivity index (χ0n) is 10.8. The molecule has 0 saturated carbocycles. The second-order valence-electron chi connectivity index (χ2n) is 4.00. The molecule has 0 aliphatic rings. The van der Waals surface area contributed by atoms with E-state index in [-0.39, 0.29) is 0 Å². The fraction of sp³-hybridized carbons (Fsp3) is 0.462. The first kappa shape index (κ1) is 14.3. The number of primary amides is 1. The number of hydrogen-bond donors (Lipinski definition) is 2. The van der Waals surface area contributed by atoms with Crippen molar-refractivity contribution in [2.24, 2.45) is 5.73 Å². The van der Waals surface area contributed by atoms with Gasteiger partial charge in [0.15, 0.2) is 17.6 Å². The number of carbonyl (C=O) groups excluding carboxylic acids is 1. The van der Waals surface area contributed by atoms with Gasteiger partial charge in [-0.3, -0.25) is 4.79 Å². The van der Waals surface area contributed by atoms with E-state index >= 15 is 0 Å². The number of benzene rings is 1. The fourth-order valence-corrected chi connectivity index (χ4v) is 1.54. The predicted molar refractivity (Wildman–Crippen MR) is 67.5 cm³/mol. The molecular formula is C13H19NO4. The summed E-state index contributed by atoms with van der Waals surface area (Å²) in [4.78, 5) is 11.1. The second-order valence-corrected chi connectivity index (χ2v) is 4.00. The van der Waals surface area contributed by atoms with E-state index in [9.17, 15) is 9.90 Å². The molecule has 1 aromatic rings. The molecular weight excluding hydrogens is 234 g/mol. The number of ether oxygens (including phenoxy) is 2. The number of carbonyl (C=O) groups is 1. The summed E-state index contributed by atoms with van der Waals surface area (Å²) in [5, 5.41) is 9.48. The molecule has 0 bridgehead atoms. The van der Waals surface area contributed by atoms with Gasteiger partial charge in [-0.25, -0.2) is 0 Å². The van der Waals surface area contributed by atoms with E-state index in [4.69, 9.17) is 15.2 Å². The Hall–Kier alpha value is -1.75. The molecule has 0 saturated heterocycles. The maximum atomic E-state index is 11.1. The molecule has 1 aromatic carbocycles. The van der Waals surface area contributed by atoms with E-state index in [1.807, 2.05) is 6.92 Å². The van der Waals surface area contributed by atoms with Crippen LogP contribution in [0.1, 0.15) is 31.9 Å². The van der Waals surface area contributed by atoms with E-state index in [1.165, 1.54) is 7.11 Å². The number of aliphatic hydroxyl groups is 1. The van der Waals surface area contributed by atoms with Gasteiger partial charge >= 0.3 is 0 Å². The van der Waals surface area contributed by atoms with Crippen molar-refractivity contribution in [3.05, 3.63) is 23.8 Å². The Morgan fingerprint density at radius 1 is 1.44 bits per heavy atom. The fourth-order valence-electron chi connectivity index (χ4n) is 1.54. The van der Waals surface area contributed by atoms with E-state index in [0.29, 0.717) is 23.5 Å². The first-order valence-corrected chi connectivity index (χ1v) is 5.81. The van der Waals surface area contributed by atoms with Crippen molar-refractivity contribution < 1.29 is 19.4 Å². The third-order valence-electron chi connectivity index (χ3n) is 2.63. The van der Waals surface area contributed by atoms with Crippen LogP contribution < -0.4 is 15.2 Å². The number of amides is 1. The molecule has 1 amide bonds. The number of hydrogen-bond acceptors (Lipinski definition) is 4. The van der Waals surface area contributed by atoms with Crippen LogP contribution in [0.3, 0.4) is 0 Å². The molecule has 0 heterocycles. The molecule has 100 valence electrons. The predicted octanol–water partition coefficient (Wildman–Crippen LogP) is 1.39. The minimum absolute atomic E-state index is 0.438. The normalized spacial score (nSPS) is 13.8. The van der Waals surface area contributed by atoms with Gasteiger partial charge in [0.05, 0.1) is 13.2 Å². The summed E-state index contributed by atoms with van der Waals surface area (Å²) in [6.45, 7) is 3.47. The zero-order valence-corrected chi connectivity index (χ0v) is 10.8. The van der Waals surface area contributed by atoms with Crippen LogP contribution in [0.4, 0.5) is 0 Å². The van der Waals surface area contributed by atoms with Crippen molar-refractivity contribution in [3.8, 4) is 11.5 Å². The van der Waals surface area contributed by atoms with Crippen LogP contribution in [0.5, 0.6) is 11.5 Å². The highest BCUT2D eigenvalue weighted by atomic mass is 16.5. The first-order chi connectivity index (χ1) is 8.49. The van der Waals surface area contributed by atoms with Gasteiger partial charge < -0.3 is 20.3 Å². The van der Waals surface area contributed by atoms with Crippen LogP contribution in [-0.2, 0) is 4.79 Å². The molecule has 3 N–H and O–H groups in total. The molecule has 5 heteroatoms. The molecule has 1 unspecified atom stereocenters. The van der Waals surface area contributed by atoms with Crippen molar-refractivity contribution in [1.82, 2.24) is 0 Å². The summed E-state index contributed by atoms with van der Waals surface area (Å²) in [5.74, 6) is 0.389. The molecule has 0 aliphatic heterocycles. The number of rotatable bonds is 6. The number of nitrogens with two attached hydrogens (primary N) is 1. The Balaban J connectivity index is 2.98. The quantitative estimate of drug-likeness (QED) is 0.802. The Labute approximate surface area is 107 Å². The molecule has 2 atom stereocenters. The lowest BCUT2D eigenvalue weighted by atomic mass is 10.1. The smallest absolute Gasteiger partial charge is 0.258 e. The molecule has 0 aliphatic carbocycles. The van der Waals surface area contributed by atoms with Crippen molar-refractivity contribution in [3.63, 3.8) is 0 Å². The first-order valence-electron chi connectivity index (χ1n) is 5.81. The van der Waals surface area contributed by atoms with Crippen molar-refractivity contribution in [2.45, 2.75) is 32.5 Å². The maximum absolute atomic E-state index is 11.1. The lowest BCUT2D eigenvalue weighted by molar-refractivity contribution is -0.124. The highest BCUT2D eigenvalue weighted by Gasteiger charge is 2.17. The lowest BCUT2D eigenvalue weighted by Gasteiger charge is -2.17. The van der Waals surface area contributed by atoms with Gasteiger partial charge in [-0.2, -0.15) is 0 Å². The largest absolute Gasteiger partial charge is 0.493 e. The highest BCUT2D eigenvalue weighted by molar-refractivity contribution is 5.79. The summed E-state index contributed by atoms with van der Waals surface area (Å²) >= 11 is 0. The summed E-state index contributed by atoms with van der Waals surface area (Å²) < 4.78 is 10.7. The van der Waals surface area contributed by atoms with Crippen molar-refractivity contribution in [2.75, 3.05) is 7.11 Å². The second kappa shape index (κ2) is 6.26. The zero-order chi connectivity index (χ0) is 13.7. The van der Waals surface area contributed by atoms with Crippen LogP contribution in [0.25, 0.3) is 0 Å². The van der Waals surface area contributed by atoms with Crippen LogP contribution in [0.15, 0.2) is 18.2 Å². The topological polar surface area (TPSA) is 81.8 Å². The molecule has 5 nitrogen and oxygen atoms in total. The number of aliphatic hydroxyl groups excluding tert-OH is 1. The van der Waals surface area contributed by atoms with Gasteiger partial charge in [0, 0.05) is 0 Å². The summed E-state index contributed by atoms with van der Waals surface area (Å²) in [6, 6.07) is 5.05. The van der Waals surface area contributed by atoms with E-state index in [1.54, 1.807) is 25.1 Å². The third-order valence-corrected chi connectivity index (χ3v) is 2.63. The van der Waals surface area contributed by atoms with Gasteiger partial charge in [0.2, 0.25) is 0 Å². The minimum atomic E-state index is -0.684. The summed E-state index contributed by atoms with van der Waals surface area (Å²) in [7, 11) is 1.50. The molecule has 1 rings (SSSR count). The summed E-state index contributed by atoms with van der Waals surface area (Å²) in [6.07, 6.45) is -0.793. The average Bonchev–Trinajstić information content (AvgIpc) is 2.35. The Bertz CT molecular complexity index is 417. The molecule has 18 heavy (non-hydrogen) atoms. The highest BCUT2D eigenvalue weighted by Crippen LogP contribution is 2.31. The van der Waals surface area contributed by atoms with Crippen LogP contribution in [0.2, 0.25) is 0 Å². The van der Waals surface area contributed by atoms with Gasteiger partial charge in [0.1, 0.15) is 0 Å².